The minimum absolute atomic E-state index is 0.00989. The van der Waals surface area contributed by atoms with Crippen LogP contribution in [-0.2, 0) is 9.59 Å². The highest BCUT2D eigenvalue weighted by atomic mass is 16.2. The molecule has 2 heterocycles. The summed E-state index contributed by atoms with van der Waals surface area (Å²) >= 11 is 0. The van der Waals surface area contributed by atoms with Crippen LogP contribution in [0.5, 0.6) is 0 Å². The molecule has 0 saturated carbocycles. The molecule has 5 heteroatoms. The van der Waals surface area contributed by atoms with Crippen molar-refractivity contribution in [2.45, 2.75) is 39.7 Å². The van der Waals surface area contributed by atoms with E-state index in [2.05, 4.69) is 17.3 Å². The summed E-state index contributed by atoms with van der Waals surface area (Å²) in [6.45, 7) is 9.49. The van der Waals surface area contributed by atoms with Crippen LogP contribution >= 0.6 is 0 Å². The second-order valence-electron chi connectivity index (χ2n) is 7.32. The highest BCUT2D eigenvalue weighted by molar-refractivity contribution is 5.90. The smallest absolute Gasteiger partial charge is 0.245 e. The van der Waals surface area contributed by atoms with E-state index >= 15 is 0 Å². The number of hydrogen-bond donors (Lipinski definition) is 1. The van der Waals surface area contributed by atoms with Gasteiger partial charge in [0, 0.05) is 26.1 Å². The number of rotatable bonds is 2. The van der Waals surface area contributed by atoms with Gasteiger partial charge >= 0.3 is 0 Å². The molecule has 0 aromatic carbocycles. The largest absolute Gasteiger partial charge is 0.344 e. The first-order valence-corrected chi connectivity index (χ1v) is 7.54. The highest BCUT2D eigenvalue weighted by Crippen LogP contribution is 2.24. The van der Waals surface area contributed by atoms with E-state index < -0.39 is 6.04 Å². The molecule has 0 aliphatic carbocycles. The molecule has 2 aliphatic rings. The van der Waals surface area contributed by atoms with Gasteiger partial charge in [-0.15, -0.1) is 0 Å². The first-order valence-electron chi connectivity index (χ1n) is 7.54. The second kappa shape index (κ2) is 5.72. The zero-order valence-corrected chi connectivity index (χ0v) is 13.1. The molecule has 2 rings (SSSR count). The SMILES string of the molecule is CN1CCC(CN2CCC(=O)NC(C(C)(C)C)C2=O)C1. The lowest BCUT2D eigenvalue weighted by Crippen LogP contribution is -2.52. The molecule has 2 atom stereocenters. The Labute approximate surface area is 121 Å². The van der Waals surface area contributed by atoms with Crippen molar-refractivity contribution in [2.24, 2.45) is 11.3 Å². The molecule has 0 aromatic heterocycles. The number of carbonyl (C=O) groups is 2. The standard InChI is InChI=1S/C15H27N3O2/c1-15(2,3)13-14(20)18(8-6-12(19)16-13)10-11-5-7-17(4)9-11/h11,13H,5-10H2,1-4H3,(H,16,19). The zero-order valence-electron chi connectivity index (χ0n) is 13.1. The molecule has 2 aliphatic heterocycles. The first kappa shape index (κ1) is 15.3. The van der Waals surface area contributed by atoms with E-state index in [4.69, 9.17) is 0 Å². The van der Waals surface area contributed by atoms with Gasteiger partial charge in [0.1, 0.15) is 6.04 Å². The Kier molecular flexibility index (Phi) is 4.37. The number of likely N-dealkylation sites (tertiary alicyclic amines) is 1. The number of amides is 2. The van der Waals surface area contributed by atoms with Crippen LogP contribution in [0.3, 0.4) is 0 Å². The topological polar surface area (TPSA) is 52.6 Å². The number of hydrogen-bond acceptors (Lipinski definition) is 3. The molecular formula is C15H27N3O2. The van der Waals surface area contributed by atoms with E-state index in [1.165, 1.54) is 0 Å². The minimum Gasteiger partial charge on any atom is -0.344 e. The van der Waals surface area contributed by atoms with Gasteiger partial charge in [-0.2, -0.15) is 0 Å². The number of nitrogens with zero attached hydrogens (tertiary/aromatic N) is 2. The minimum atomic E-state index is -0.406. The summed E-state index contributed by atoms with van der Waals surface area (Å²) in [7, 11) is 2.12. The van der Waals surface area contributed by atoms with Gasteiger partial charge in [-0.05, 0) is 31.3 Å². The van der Waals surface area contributed by atoms with Gasteiger partial charge < -0.3 is 15.1 Å². The Hall–Kier alpha value is -1.10. The summed E-state index contributed by atoms with van der Waals surface area (Å²) in [5.74, 6) is 0.611. The van der Waals surface area contributed by atoms with Crippen molar-refractivity contribution in [3.8, 4) is 0 Å². The summed E-state index contributed by atoms with van der Waals surface area (Å²) in [6.07, 6.45) is 1.56. The quantitative estimate of drug-likeness (QED) is 0.811. The van der Waals surface area contributed by atoms with Crippen LogP contribution < -0.4 is 5.32 Å². The summed E-state index contributed by atoms with van der Waals surface area (Å²) in [5.41, 5.74) is -0.248. The third kappa shape index (κ3) is 3.51. The van der Waals surface area contributed by atoms with Gasteiger partial charge in [0.15, 0.2) is 0 Å². The fourth-order valence-electron chi connectivity index (χ4n) is 3.08. The van der Waals surface area contributed by atoms with Gasteiger partial charge in [-0.25, -0.2) is 0 Å². The molecule has 2 amide bonds. The van der Waals surface area contributed by atoms with Crippen LogP contribution in [0.2, 0.25) is 0 Å². The fraction of sp³-hybridized carbons (Fsp3) is 0.867. The molecule has 0 aromatic rings. The molecular weight excluding hydrogens is 254 g/mol. The van der Waals surface area contributed by atoms with Gasteiger partial charge in [0.2, 0.25) is 11.8 Å². The Morgan fingerprint density at radius 1 is 1.25 bits per heavy atom. The van der Waals surface area contributed by atoms with Crippen LogP contribution in [0.25, 0.3) is 0 Å². The van der Waals surface area contributed by atoms with E-state index in [-0.39, 0.29) is 17.2 Å². The van der Waals surface area contributed by atoms with Crippen molar-refractivity contribution in [2.75, 3.05) is 33.2 Å². The molecule has 0 radical (unpaired) electrons. The number of nitrogens with one attached hydrogen (secondary N) is 1. The lowest BCUT2D eigenvalue weighted by atomic mass is 9.86. The third-order valence-corrected chi connectivity index (χ3v) is 4.31. The molecule has 1 N–H and O–H groups in total. The summed E-state index contributed by atoms with van der Waals surface area (Å²) in [6, 6.07) is -0.406. The van der Waals surface area contributed by atoms with Gasteiger partial charge in [0.25, 0.3) is 0 Å². The van der Waals surface area contributed by atoms with Gasteiger partial charge in [-0.3, -0.25) is 9.59 Å². The molecule has 0 spiro atoms. The molecule has 114 valence electrons. The van der Waals surface area contributed by atoms with Gasteiger partial charge in [0.05, 0.1) is 0 Å². The lowest BCUT2D eigenvalue weighted by Gasteiger charge is -2.33. The third-order valence-electron chi connectivity index (χ3n) is 4.31. The maximum Gasteiger partial charge on any atom is 0.245 e. The van der Waals surface area contributed by atoms with Crippen LogP contribution in [0.4, 0.5) is 0 Å². The van der Waals surface area contributed by atoms with Crippen LogP contribution in [0.1, 0.15) is 33.6 Å². The number of carbonyl (C=O) groups excluding carboxylic acids is 2. The van der Waals surface area contributed by atoms with E-state index in [9.17, 15) is 9.59 Å². The average Bonchev–Trinajstić information content (AvgIpc) is 2.68. The molecule has 0 bridgehead atoms. The fourth-order valence-corrected chi connectivity index (χ4v) is 3.08. The Balaban J connectivity index is 2.07. The molecule has 2 saturated heterocycles. The van der Waals surface area contributed by atoms with Crippen molar-refractivity contribution in [1.82, 2.24) is 15.1 Å². The normalized spacial score (nSPS) is 29.5. The summed E-state index contributed by atoms with van der Waals surface area (Å²) < 4.78 is 0. The Morgan fingerprint density at radius 2 is 1.95 bits per heavy atom. The van der Waals surface area contributed by atoms with Crippen molar-refractivity contribution in [3.05, 3.63) is 0 Å². The highest BCUT2D eigenvalue weighted by Gasteiger charge is 2.38. The van der Waals surface area contributed by atoms with Crippen LogP contribution in [0.15, 0.2) is 0 Å². The van der Waals surface area contributed by atoms with E-state index in [1.54, 1.807) is 0 Å². The average molecular weight is 281 g/mol. The van der Waals surface area contributed by atoms with Crippen molar-refractivity contribution in [3.63, 3.8) is 0 Å². The van der Waals surface area contributed by atoms with E-state index in [0.717, 1.165) is 26.1 Å². The predicted octanol–water partition coefficient (Wildman–Crippen LogP) is 0.701. The maximum absolute atomic E-state index is 12.7. The van der Waals surface area contributed by atoms with Crippen molar-refractivity contribution < 1.29 is 9.59 Å². The van der Waals surface area contributed by atoms with Crippen molar-refractivity contribution >= 4 is 11.8 Å². The predicted molar refractivity (Wildman–Crippen MR) is 78.2 cm³/mol. The van der Waals surface area contributed by atoms with Crippen molar-refractivity contribution in [1.29, 1.82) is 0 Å². The van der Waals surface area contributed by atoms with E-state index in [1.807, 2.05) is 25.7 Å². The molecule has 2 unspecified atom stereocenters. The monoisotopic (exact) mass is 281 g/mol. The zero-order chi connectivity index (χ0) is 14.9. The van der Waals surface area contributed by atoms with Crippen LogP contribution in [0, 0.1) is 11.3 Å². The summed E-state index contributed by atoms with van der Waals surface area (Å²) in [5, 5.41) is 2.89. The lowest BCUT2D eigenvalue weighted by molar-refractivity contribution is -0.136. The van der Waals surface area contributed by atoms with E-state index in [0.29, 0.717) is 18.9 Å². The second-order valence-corrected chi connectivity index (χ2v) is 7.32. The maximum atomic E-state index is 12.7. The van der Waals surface area contributed by atoms with Crippen LogP contribution in [-0.4, -0.2) is 60.9 Å². The summed E-state index contributed by atoms with van der Waals surface area (Å²) in [4.78, 5) is 28.7. The molecule has 2 fully saturated rings. The Bertz CT molecular complexity index is 389. The van der Waals surface area contributed by atoms with Gasteiger partial charge in [-0.1, -0.05) is 20.8 Å². The first-order chi connectivity index (χ1) is 9.27. The molecule has 20 heavy (non-hydrogen) atoms. The Morgan fingerprint density at radius 3 is 2.50 bits per heavy atom. The molecule has 5 nitrogen and oxygen atoms in total.